The molecule has 0 saturated heterocycles. The third-order valence-electron chi connectivity index (χ3n) is 3.26. The predicted octanol–water partition coefficient (Wildman–Crippen LogP) is 1.60. The van der Waals surface area contributed by atoms with Gasteiger partial charge in [-0.05, 0) is 12.1 Å². The van der Waals surface area contributed by atoms with Crippen LogP contribution in [0.2, 0.25) is 0 Å². The van der Waals surface area contributed by atoms with Crippen molar-refractivity contribution in [3.63, 3.8) is 0 Å². The smallest absolute Gasteiger partial charge is 0.122 e. The van der Waals surface area contributed by atoms with Gasteiger partial charge in [0, 0.05) is 23.2 Å². The maximum Gasteiger partial charge on any atom is 0.122 e. The number of nitrogens with two attached hydrogens (primary N) is 2. The van der Waals surface area contributed by atoms with Crippen molar-refractivity contribution in [1.82, 2.24) is 5.32 Å². The summed E-state index contributed by atoms with van der Waals surface area (Å²) >= 11 is 5.32. The first-order chi connectivity index (χ1) is 11.5. The molecule has 7 N–H and O–H groups in total. The number of hydrogen-bond acceptors (Lipinski definition) is 4. The van der Waals surface area contributed by atoms with Gasteiger partial charge in [-0.25, -0.2) is 0 Å². The van der Waals surface area contributed by atoms with Crippen molar-refractivity contribution in [3.05, 3.63) is 65.2 Å². The first kappa shape index (κ1) is 17.4. The zero-order valence-electron chi connectivity index (χ0n) is 13.0. The van der Waals surface area contributed by atoms with Crippen molar-refractivity contribution >= 4 is 28.9 Å². The van der Waals surface area contributed by atoms with Crippen LogP contribution < -0.4 is 21.5 Å². The first-order valence-corrected chi connectivity index (χ1v) is 7.68. The molecule has 2 rings (SSSR count). The zero-order valence-corrected chi connectivity index (χ0v) is 13.8. The fourth-order valence-corrected chi connectivity index (χ4v) is 2.23. The van der Waals surface area contributed by atoms with E-state index in [-0.39, 0.29) is 11.7 Å². The largest absolute Gasteiger partial charge is 0.492 e. The average Bonchev–Trinajstić information content (AvgIpc) is 2.59. The van der Waals surface area contributed by atoms with Gasteiger partial charge in [0.1, 0.15) is 29.0 Å². The van der Waals surface area contributed by atoms with Crippen molar-refractivity contribution in [2.24, 2.45) is 11.5 Å². The maximum absolute atomic E-state index is 7.41. The molecule has 0 aliphatic heterocycles. The van der Waals surface area contributed by atoms with Gasteiger partial charge in [0.25, 0.3) is 0 Å². The van der Waals surface area contributed by atoms with Crippen molar-refractivity contribution in [3.8, 4) is 5.75 Å². The molecule has 0 spiro atoms. The number of hydrogen-bond donors (Lipinski definition) is 5. The lowest BCUT2D eigenvalue weighted by Gasteiger charge is -2.11. The van der Waals surface area contributed by atoms with Gasteiger partial charge in [-0.3, -0.25) is 10.8 Å². The van der Waals surface area contributed by atoms with Crippen LogP contribution in [0.15, 0.2) is 48.5 Å². The molecule has 0 amide bonds. The summed E-state index contributed by atoms with van der Waals surface area (Å²) in [6, 6.07) is 14.2. The van der Waals surface area contributed by atoms with Crippen LogP contribution in [0.5, 0.6) is 5.75 Å². The Kier molecular flexibility index (Phi) is 5.86. The van der Waals surface area contributed by atoms with E-state index in [0.29, 0.717) is 35.0 Å². The van der Waals surface area contributed by atoms with E-state index in [1.807, 2.05) is 18.2 Å². The number of thiocarbonyl (C=S) groups is 1. The fourth-order valence-electron chi connectivity index (χ4n) is 1.99. The summed E-state index contributed by atoms with van der Waals surface area (Å²) in [5.41, 5.74) is 13.0. The molecule has 6 nitrogen and oxygen atoms in total. The summed E-state index contributed by atoms with van der Waals surface area (Å²) in [7, 11) is 0. The Hall–Kier alpha value is -2.93. The second-order valence-corrected chi connectivity index (χ2v) is 5.45. The summed E-state index contributed by atoms with van der Waals surface area (Å²) < 4.78 is 5.61. The Balaban J connectivity index is 1.81. The van der Waals surface area contributed by atoms with Crippen LogP contribution in [0.25, 0.3) is 0 Å². The van der Waals surface area contributed by atoms with E-state index in [2.05, 4.69) is 5.32 Å². The first-order valence-electron chi connectivity index (χ1n) is 7.27. The number of rotatable bonds is 7. The topological polar surface area (TPSA) is 121 Å². The molecule has 0 bridgehead atoms. The Morgan fingerprint density at radius 1 is 0.958 bits per heavy atom. The molecule has 0 fully saturated rings. The zero-order chi connectivity index (χ0) is 17.5. The van der Waals surface area contributed by atoms with E-state index in [1.165, 1.54) is 0 Å². The van der Waals surface area contributed by atoms with Gasteiger partial charge >= 0.3 is 0 Å². The molecule has 0 aliphatic carbocycles. The minimum Gasteiger partial charge on any atom is -0.492 e. The van der Waals surface area contributed by atoms with Crippen LogP contribution in [-0.2, 0) is 0 Å². The van der Waals surface area contributed by atoms with E-state index in [1.54, 1.807) is 30.3 Å². The summed E-state index contributed by atoms with van der Waals surface area (Å²) in [4.78, 5) is 0.603. The Labute approximate surface area is 145 Å². The molecule has 0 radical (unpaired) electrons. The molecule has 2 aromatic carbocycles. The number of nitrogens with one attached hydrogen (secondary N) is 3. The average molecular weight is 341 g/mol. The Bertz CT molecular complexity index is 758. The summed E-state index contributed by atoms with van der Waals surface area (Å²) in [6.07, 6.45) is 0. The third kappa shape index (κ3) is 4.79. The Morgan fingerprint density at radius 2 is 1.58 bits per heavy atom. The highest BCUT2D eigenvalue weighted by molar-refractivity contribution is 7.80. The van der Waals surface area contributed by atoms with Crippen LogP contribution in [0.3, 0.4) is 0 Å². The molecule has 0 saturated carbocycles. The molecule has 0 unspecified atom stereocenters. The normalized spacial score (nSPS) is 10.0. The summed E-state index contributed by atoms with van der Waals surface area (Å²) in [5, 5.41) is 17.9. The Morgan fingerprint density at radius 3 is 2.21 bits per heavy atom. The highest BCUT2D eigenvalue weighted by Crippen LogP contribution is 2.12. The van der Waals surface area contributed by atoms with E-state index in [0.717, 1.165) is 5.56 Å². The lowest BCUT2D eigenvalue weighted by atomic mass is 10.1. The van der Waals surface area contributed by atoms with Gasteiger partial charge in [-0.2, -0.15) is 0 Å². The molecule has 0 atom stereocenters. The number of nitrogen functional groups attached to an aromatic ring is 2. The second-order valence-electron chi connectivity index (χ2n) is 5.04. The van der Waals surface area contributed by atoms with Gasteiger partial charge in [-0.15, -0.1) is 0 Å². The van der Waals surface area contributed by atoms with Gasteiger partial charge in [0.05, 0.1) is 0 Å². The van der Waals surface area contributed by atoms with Crippen LogP contribution in [0.1, 0.15) is 16.7 Å². The predicted molar refractivity (Wildman–Crippen MR) is 100 cm³/mol. The lowest BCUT2D eigenvalue weighted by molar-refractivity contribution is 0.323. The number of benzene rings is 2. The molecular weight excluding hydrogens is 322 g/mol. The highest BCUT2D eigenvalue weighted by atomic mass is 32.1. The molecule has 24 heavy (non-hydrogen) atoms. The van der Waals surface area contributed by atoms with E-state index in [4.69, 9.17) is 39.2 Å². The lowest BCUT2D eigenvalue weighted by Crippen LogP contribution is -2.27. The summed E-state index contributed by atoms with van der Waals surface area (Å²) in [5.74, 6) is 0.691. The van der Waals surface area contributed by atoms with Crippen molar-refractivity contribution in [2.75, 3.05) is 13.2 Å². The highest BCUT2D eigenvalue weighted by Gasteiger charge is 2.03. The quantitative estimate of drug-likeness (QED) is 0.227. The SMILES string of the molecule is N=C(N)c1ccc(C(=S)NCCOc2cccc(C(=N)N)c2)cc1. The monoisotopic (exact) mass is 341 g/mol. The van der Waals surface area contributed by atoms with E-state index in [9.17, 15) is 0 Å². The van der Waals surface area contributed by atoms with Gasteiger partial charge in [0.15, 0.2) is 0 Å². The minimum absolute atomic E-state index is 0.00811. The molecule has 124 valence electrons. The fraction of sp³-hybridized carbons (Fsp3) is 0.118. The molecule has 2 aromatic rings. The maximum atomic E-state index is 7.41. The molecule has 7 heteroatoms. The van der Waals surface area contributed by atoms with Crippen molar-refractivity contribution < 1.29 is 4.74 Å². The third-order valence-corrected chi connectivity index (χ3v) is 3.64. The standard InChI is InChI=1S/C17H19N5OS/c18-15(19)11-4-6-12(7-5-11)17(24)22-8-9-23-14-3-1-2-13(10-14)16(20)21/h1-7,10H,8-9H2,(H3,18,19)(H3,20,21)(H,22,24). The van der Waals surface area contributed by atoms with Gasteiger partial charge in [0.2, 0.25) is 0 Å². The molecule has 0 aliphatic rings. The van der Waals surface area contributed by atoms with E-state index >= 15 is 0 Å². The van der Waals surface area contributed by atoms with Crippen LogP contribution in [0, 0.1) is 10.8 Å². The minimum atomic E-state index is 0.00811. The number of amidine groups is 2. The van der Waals surface area contributed by atoms with Gasteiger partial charge < -0.3 is 21.5 Å². The molecular formula is C17H19N5OS. The summed E-state index contributed by atoms with van der Waals surface area (Å²) in [6.45, 7) is 0.963. The number of ether oxygens (including phenoxy) is 1. The second kappa shape index (κ2) is 8.07. The van der Waals surface area contributed by atoms with Crippen molar-refractivity contribution in [1.29, 1.82) is 10.8 Å². The van der Waals surface area contributed by atoms with Gasteiger partial charge in [-0.1, -0.05) is 48.6 Å². The molecule has 0 aromatic heterocycles. The van der Waals surface area contributed by atoms with Crippen molar-refractivity contribution in [2.45, 2.75) is 0 Å². The van der Waals surface area contributed by atoms with Crippen LogP contribution in [-0.4, -0.2) is 29.8 Å². The van der Waals surface area contributed by atoms with E-state index < -0.39 is 0 Å². The van der Waals surface area contributed by atoms with Crippen LogP contribution in [0.4, 0.5) is 0 Å². The molecule has 0 heterocycles. The van der Waals surface area contributed by atoms with Crippen LogP contribution >= 0.6 is 12.2 Å².